The van der Waals surface area contributed by atoms with Gasteiger partial charge >= 0.3 is 6.03 Å². The Morgan fingerprint density at radius 1 is 1.40 bits per heavy atom. The van der Waals surface area contributed by atoms with Gasteiger partial charge in [0.05, 0.1) is 6.04 Å². The Morgan fingerprint density at radius 3 is 2.85 bits per heavy atom. The van der Waals surface area contributed by atoms with Crippen molar-refractivity contribution in [2.75, 3.05) is 19.6 Å². The molecule has 0 fully saturated rings. The van der Waals surface area contributed by atoms with Crippen molar-refractivity contribution in [1.29, 1.82) is 0 Å². The zero-order chi connectivity index (χ0) is 14.5. The average molecular weight is 295 g/mol. The third kappa shape index (κ3) is 3.30. The number of hydrogen-bond donors (Lipinski definition) is 2. The highest BCUT2D eigenvalue weighted by molar-refractivity contribution is 7.10. The minimum absolute atomic E-state index is 0.0425. The number of nitrogens with zero attached hydrogens (tertiary/aromatic N) is 1. The Hall–Kier alpha value is -1.56. The summed E-state index contributed by atoms with van der Waals surface area (Å²) in [5.41, 5.74) is 1.29. The molecule has 0 aromatic carbocycles. The van der Waals surface area contributed by atoms with Gasteiger partial charge < -0.3 is 15.5 Å². The van der Waals surface area contributed by atoms with E-state index < -0.39 is 0 Å². The van der Waals surface area contributed by atoms with Crippen LogP contribution >= 0.6 is 11.3 Å². The summed E-state index contributed by atoms with van der Waals surface area (Å²) < 4.78 is 0. The minimum atomic E-state index is -0.0772. The maximum atomic E-state index is 12.2. The minimum Gasteiger partial charge on any atom is -0.355 e. The first-order chi connectivity index (χ1) is 9.63. The molecule has 5 nitrogen and oxygen atoms in total. The molecule has 6 heteroatoms. The van der Waals surface area contributed by atoms with Gasteiger partial charge in [0.15, 0.2) is 0 Å². The van der Waals surface area contributed by atoms with E-state index in [0.717, 1.165) is 19.4 Å². The molecule has 1 atom stereocenters. The van der Waals surface area contributed by atoms with Crippen LogP contribution in [-0.4, -0.2) is 36.5 Å². The molecular formula is C14H21N3O2S. The van der Waals surface area contributed by atoms with Crippen LogP contribution in [0.2, 0.25) is 0 Å². The molecule has 0 radical (unpaired) electrons. The van der Waals surface area contributed by atoms with Crippen molar-refractivity contribution < 1.29 is 9.59 Å². The smallest absolute Gasteiger partial charge is 0.317 e. The normalized spacial score (nSPS) is 17.5. The van der Waals surface area contributed by atoms with Crippen LogP contribution in [0, 0.1) is 0 Å². The van der Waals surface area contributed by atoms with Crippen LogP contribution in [0.15, 0.2) is 11.4 Å². The van der Waals surface area contributed by atoms with Gasteiger partial charge in [-0.3, -0.25) is 4.79 Å². The van der Waals surface area contributed by atoms with Gasteiger partial charge in [0.25, 0.3) is 0 Å². The molecule has 1 aromatic rings. The molecule has 2 heterocycles. The van der Waals surface area contributed by atoms with E-state index in [1.165, 1.54) is 17.4 Å². The predicted octanol–water partition coefficient (Wildman–Crippen LogP) is 1.90. The lowest BCUT2D eigenvalue weighted by atomic mass is 9.98. The van der Waals surface area contributed by atoms with Crippen molar-refractivity contribution in [3.8, 4) is 0 Å². The number of amides is 3. The zero-order valence-corrected chi connectivity index (χ0v) is 12.8. The standard InChI is InChI=1S/C14H21N3O2S/c1-3-12-11-5-9-20-13(11)4-8-17(12)14(19)16-7-6-15-10(2)18/h5,9,12H,3-4,6-8H2,1-2H3,(H,15,18)(H,16,19)/t12-/m1/s1. The summed E-state index contributed by atoms with van der Waals surface area (Å²) in [5.74, 6) is -0.0772. The molecule has 0 bridgehead atoms. The third-order valence-corrected chi connectivity index (χ3v) is 4.51. The van der Waals surface area contributed by atoms with Crippen LogP contribution in [0.5, 0.6) is 0 Å². The molecule has 20 heavy (non-hydrogen) atoms. The van der Waals surface area contributed by atoms with Crippen LogP contribution in [-0.2, 0) is 11.2 Å². The Balaban J connectivity index is 1.91. The van der Waals surface area contributed by atoms with E-state index >= 15 is 0 Å². The van der Waals surface area contributed by atoms with E-state index in [1.54, 1.807) is 11.3 Å². The summed E-state index contributed by atoms with van der Waals surface area (Å²) in [5, 5.41) is 7.64. The maximum absolute atomic E-state index is 12.2. The first-order valence-corrected chi connectivity index (χ1v) is 7.86. The van der Waals surface area contributed by atoms with Crippen LogP contribution < -0.4 is 10.6 Å². The summed E-state index contributed by atoms with van der Waals surface area (Å²) in [6, 6.07) is 2.26. The van der Waals surface area contributed by atoms with E-state index in [2.05, 4.69) is 29.0 Å². The van der Waals surface area contributed by atoms with Crippen molar-refractivity contribution in [2.45, 2.75) is 32.7 Å². The Kier molecular flexibility index (Phi) is 5.00. The van der Waals surface area contributed by atoms with Gasteiger partial charge in [-0.1, -0.05) is 6.92 Å². The van der Waals surface area contributed by atoms with Gasteiger partial charge in [0.2, 0.25) is 5.91 Å². The number of thiophene rings is 1. The highest BCUT2D eigenvalue weighted by atomic mass is 32.1. The van der Waals surface area contributed by atoms with Crippen molar-refractivity contribution in [3.63, 3.8) is 0 Å². The third-order valence-electron chi connectivity index (χ3n) is 3.52. The molecule has 1 aliphatic heterocycles. The fourth-order valence-electron chi connectivity index (χ4n) is 2.59. The molecule has 2 N–H and O–H groups in total. The zero-order valence-electron chi connectivity index (χ0n) is 11.9. The number of rotatable bonds is 4. The van der Waals surface area contributed by atoms with Crippen LogP contribution in [0.25, 0.3) is 0 Å². The number of hydrogen-bond acceptors (Lipinski definition) is 3. The predicted molar refractivity (Wildman–Crippen MR) is 79.8 cm³/mol. The molecule has 2 rings (SSSR count). The molecular weight excluding hydrogens is 274 g/mol. The van der Waals surface area contributed by atoms with E-state index in [1.807, 2.05) is 4.90 Å². The number of fused-ring (bicyclic) bond motifs is 1. The summed E-state index contributed by atoms with van der Waals surface area (Å²) >= 11 is 1.78. The molecule has 0 aliphatic carbocycles. The van der Waals surface area contributed by atoms with Crippen molar-refractivity contribution in [1.82, 2.24) is 15.5 Å². The van der Waals surface area contributed by atoms with Crippen molar-refractivity contribution >= 4 is 23.3 Å². The van der Waals surface area contributed by atoms with Crippen LogP contribution in [0.3, 0.4) is 0 Å². The van der Waals surface area contributed by atoms with Gasteiger partial charge in [-0.2, -0.15) is 0 Å². The number of nitrogens with one attached hydrogen (secondary N) is 2. The van der Waals surface area contributed by atoms with E-state index in [0.29, 0.717) is 13.1 Å². The molecule has 0 saturated carbocycles. The van der Waals surface area contributed by atoms with Gasteiger partial charge in [-0.25, -0.2) is 4.79 Å². The average Bonchev–Trinajstić information content (AvgIpc) is 2.90. The molecule has 0 unspecified atom stereocenters. The lowest BCUT2D eigenvalue weighted by Gasteiger charge is -2.35. The quantitative estimate of drug-likeness (QED) is 0.834. The highest BCUT2D eigenvalue weighted by Crippen LogP contribution is 2.34. The van der Waals surface area contributed by atoms with E-state index in [4.69, 9.17) is 0 Å². The Labute approximate surface area is 123 Å². The maximum Gasteiger partial charge on any atom is 0.317 e. The number of carbonyl (C=O) groups is 2. The fourth-order valence-corrected chi connectivity index (χ4v) is 3.52. The summed E-state index contributed by atoms with van der Waals surface area (Å²) in [7, 11) is 0. The van der Waals surface area contributed by atoms with Crippen molar-refractivity contribution in [2.24, 2.45) is 0 Å². The highest BCUT2D eigenvalue weighted by Gasteiger charge is 2.29. The Morgan fingerprint density at radius 2 is 2.15 bits per heavy atom. The van der Waals surface area contributed by atoms with Gasteiger partial charge in [-0.15, -0.1) is 11.3 Å². The second kappa shape index (κ2) is 6.74. The topological polar surface area (TPSA) is 61.4 Å². The first kappa shape index (κ1) is 14.8. The molecule has 0 spiro atoms. The van der Waals surface area contributed by atoms with Crippen LogP contribution in [0.1, 0.15) is 36.8 Å². The molecule has 0 saturated heterocycles. The van der Waals surface area contributed by atoms with E-state index in [9.17, 15) is 9.59 Å². The SMILES string of the molecule is CC[C@@H]1c2ccsc2CCN1C(=O)NCCNC(C)=O. The number of urea groups is 1. The second-order valence-corrected chi connectivity index (χ2v) is 5.88. The number of carbonyl (C=O) groups excluding carboxylic acids is 2. The van der Waals surface area contributed by atoms with Gasteiger partial charge in [0, 0.05) is 31.4 Å². The first-order valence-electron chi connectivity index (χ1n) is 6.98. The van der Waals surface area contributed by atoms with Gasteiger partial charge in [0.1, 0.15) is 0 Å². The lowest BCUT2D eigenvalue weighted by molar-refractivity contribution is -0.118. The molecule has 1 aliphatic rings. The van der Waals surface area contributed by atoms with Crippen molar-refractivity contribution in [3.05, 3.63) is 21.9 Å². The second-order valence-electron chi connectivity index (χ2n) is 4.88. The molecule has 1 aromatic heterocycles. The van der Waals surface area contributed by atoms with Crippen LogP contribution in [0.4, 0.5) is 4.79 Å². The largest absolute Gasteiger partial charge is 0.355 e. The van der Waals surface area contributed by atoms with Gasteiger partial charge in [-0.05, 0) is 29.9 Å². The summed E-state index contributed by atoms with van der Waals surface area (Å²) in [6.07, 6.45) is 1.85. The Bertz CT molecular complexity index is 487. The summed E-state index contributed by atoms with van der Waals surface area (Å²) in [4.78, 5) is 26.3. The lowest BCUT2D eigenvalue weighted by Crippen LogP contribution is -2.46. The van der Waals surface area contributed by atoms with E-state index in [-0.39, 0.29) is 18.0 Å². The molecule has 3 amide bonds. The molecule has 110 valence electrons. The fraction of sp³-hybridized carbons (Fsp3) is 0.571. The summed E-state index contributed by atoms with van der Waals surface area (Å²) in [6.45, 7) is 5.27. The monoisotopic (exact) mass is 295 g/mol.